The number of aromatic nitrogens is 2. The second-order valence-corrected chi connectivity index (χ2v) is 7.61. The van der Waals surface area contributed by atoms with Crippen LogP contribution in [0.2, 0.25) is 0 Å². The zero-order chi connectivity index (χ0) is 20.8. The third-order valence-corrected chi connectivity index (χ3v) is 5.17. The Morgan fingerprint density at radius 3 is 2.40 bits per heavy atom. The van der Waals surface area contributed by atoms with Gasteiger partial charge in [0.2, 0.25) is 0 Å². The molecule has 0 fully saturated rings. The number of nitrogens with zero attached hydrogens (tertiary/aromatic N) is 2. The molecule has 1 amide bonds. The van der Waals surface area contributed by atoms with Gasteiger partial charge in [-0.25, -0.2) is 0 Å². The van der Waals surface area contributed by atoms with Gasteiger partial charge in [0, 0.05) is 17.8 Å². The van der Waals surface area contributed by atoms with Crippen LogP contribution in [-0.4, -0.2) is 15.7 Å². The Morgan fingerprint density at radius 2 is 1.63 bits per heavy atom. The van der Waals surface area contributed by atoms with Crippen LogP contribution >= 0.6 is 15.9 Å². The SMILES string of the molecule is O=C(Nc1ccn(Cc2ccccc2)n1)c1ccc(COc2ccccc2Br)cc1. The van der Waals surface area contributed by atoms with Crippen LogP contribution in [0.15, 0.2) is 95.6 Å². The summed E-state index contributed by atoms with van der Waals surface area (Å²) in [5, 5.41) is 7.26. The van der Waals surface area contributed by atoms with Crippen molar-refractivity contribution in [3.05, 3.63) is 112 Å². The lowest BCUT2D eigenvalue weighted by Gasteiger charge is -2.08. The minimum Gasteiger partial charge on any atom is -0.488 e. The molecule has 4 aromatic rings. The zero-order valence-corrected chi connectivity index (χ0v) is 17.7. The topological polar surface area (TPSA) is 56.2 Å². The maximum atomic E-state index is 12.5. The largest absolute Gasteiger partial charge is 0.488 e. The summed E-state index contributed by atoms with van der Waals surface area (Å²) < 4.78 is 8.52. The molecule has 0 atom stereocenters. The molecule has 0 aliphatic rings. The second kappa shape index (κ2) is 9.41. The van der Waals surface area contributed by atoms with Crippen LogP contribution in [0.1, 0.15) is 21.5 Å². The number of para-hydroxylation sites is 1. The number of ether oxygens (including phenoxy) is 1. The Balaban J connectivity index is 1.33. The smallest absolute Gasteiger partial charge is 0.256 e. The van der Waals surface area contributed by atoms with Gasteiger partial charge in [-0.2, -0.15) is 5.10 Å². The number of carbonyl (C=O) groups is 1. The highest BCUT2D eigenvalue weighted by Gasteiger charge is 2.09. The Bertz CT molecular complexity index is 1120. The number of amides is 1. The molecule has 0 radical (unpaired) electrons. The summed E-state index contributed by atoms with van der Waals surface area (Å²) in [7, 11) is 0. The van der Waals surface area contributed by atoms with Gasteiger partial charge >= 0.3 is 0 Å². The molecule has 3 aromatic carbocycles. The molecule has 1 N–H and O–H groups in total. The fourth-order valence-corrected chi connectivity index (χ4v) is 3.35. The second-order valence-electron chi connectivity index (χ2n) is 6.75. The first-order valence-corrected chi connectivity index (χ1v) is 10.3. The minimum atomic E-state index is -0.196. The van der Waals surface area contributed by atoms with E-state index in [1.165, 1.54) is 0 Å². The van der Waals surface area contributed by atoms with Gasteiger partial charge < -0.3 is 10.1 Å². The molecular weight excluding hydrogens is 442 g/mol. The van der Waals surface area contributed by atoms with Gasteiger partial charge in [0.05, 0.1) is 11.0 Å². The summed E-state index contributed by atoms with van der Waals surface area (Å²) >= 11 is 3.47. The molecule has 30 heavy (non-hydrogen) atoms. The predicted octanol–water partition coefficient (Wildman–Crippen LogP) is 5.53. The summed E-state index contributed by atoms with van der Waals surface area (Å²) in [6.07, 6.45) is 1.85. The molecule has 0 spiro atoms. The maximum absolute atomic E-state index is 12.5. The van der Waals surface area contributed by atoms with E-state index < -0.39 is 0 Å². The average molecular weight is 462 g/mol. The van der Waals surface area contributed by atoms with Crippen molar-refractivity contribution in [2.75, 3.05) is 5.32 Å². The average Bonchev–Trinajstić information content (AvgIpc) is 3.21. The summed E-state index contributed by atoms with van der Waals surface area (Å²) in [4.78, 5) is 12.5. The number of nitrogens with one attached hydrogen (secondary N) is 1. The van der Waals surface area contributed by atoms with Crippen molar-refractivity contribution in [1.82, 2.24) is 9.78 Å². The van der Waals surface area contributed by atoms with Crippen molar-refractivity contribution < 1.29 is 9.53 Å². The monoisotopic (exact) mass is 461 g/mol. The normalized spacial score (nSPS) is 10.6. The zero-order valence-electron chi connectivity index (χ0n) is 16.2. The summed E-state index contributed by atoms with van der Waals surface area (Å²) in [6.45, 7) is 1.08. The first-order valence-electron chi connectivity index (χ1n) is 9.52. The van der Waals surface area contributed by atoms with Crippen molar-refractivity contribution >= 4 is 27.7 Å². The lowest BCUT2D eigenvalue weighted by Crippen LogP contribution is -2.13. The van der Waals surface area contributed by atoms with E-state index in [0.29, 0.717) is 24.5 Å². The molecule has 0 saturated carbocycles. The van der Waals surface area contributed by atoms with Gasteiger partial charge in [0.15, 0.2) is 5.82 Å². The first-order chi connectivity index (χ1) is 14.7. The first kappa shape index (κ1) is 19.9. The number of halogens is 1. The van der Waals surface area contributed by atoms with E-state index >= 15 is 0 Å². The van der Waals surface area contributed by atoms with Crippen LogP contribution in [0.3, 0.4) is 0 Å². The Kier molecular flexibility index (Phi) is 6.25. The van der Waals surface area contributed by atoms with E-state index in [-0.39, 0.29) is 5.91 Å². The molecule has 1 aromatic heterocycles. The predicted molar refractivity (Wildman–Crippen MR) is 121 cm³/mol. The van der Waals surface area contributed by atoms with Crippen molar-refractivity contribution in [2.45, 2.75) is 13.2 Å². The molecule has 4 rings (SSSR count). The van der Waals surface area contributed by atoms with Gasteiger partial charge in [-0.05, 0) is 51.3 Å². The number of benzene rings is 3. The summed E-state index contributed by atoms with van der Waals surface area (Å²) in [5.74, 6) is 1.11. The number of anilines is 1. The van der Waals surface area contributed by atoms with E-state index in [4.69, 9.17) is 4.74 Å². The highest BCUT2D eigenvalue weighted by atomic mass is 79.9. The Morgan fingerprint density at radius 1 is 0.900 bits per heavy atom. The number of rotatable bonds is 7. The maximum Gasteiger partial charge on any atom is 0.256 e. The molecule has 150 valence electrons. The molecule has 6 heteroatoms. The molecular formula is C24H20BrN3O2. The Hall–Kier alpha value is -3.38. The highest BCUT2D eigenvalue weighted by Crippen LogP contribution is 2.24. The summed E-state index contributed by atoms with van der Waals surface area (Å²) in [5.41, 5.74) is 2.70. The van der Waals surface area contributed by atoms with E-state index in [1.54, 1.807) is 22.9 Å². The van der Waals surface area contributed by atoms with Gasteiger partial charge in [0.25, 0.3) is 5.91 Å². The fourth-order valence-electron chi connectivity index (χ4n) is 2.95. The van der Waals surface area contributed by atoms with Crippen LogP contribution in [0.25, 0.3) is 0 Å². The number of hydrogen-bond acceptors (Lipinski definition) is 3. The molecule has 0 saturated heterocycles. The van der Waals surface area contributed by atoms with Crippen LogP contribution in [0, 0.1) is 0 Å². The van der Waals surface area contributed by atoms with Crippen LogP contribution in [-0.2, 0) is 13.2 Å². The molecule has 0 aliphatic heterocycles. The van der Waals surface area contributed by atoms with Gasteiger partial charge in [-0.3, -0.25) is 9.48 Å². The molecule has 5 nitrogen and oxygen atoms in total. The minimum absolute atomic E-state index is 0.196. The highest BCUT2D eigenvalue weighted by molar-refractivity contribution is 9.10. The number of carbonyl (C=O) groups excluding carboxylic acids is 1. The molecule has 1 heterocycles. The van der Waals surface area contributed by atoms with Gasteiger partial charge in [-0.15, -0.1) is 0 Å². The summed E-state index contributed by atoms with van der Waals surface area (Å²) in [6, 6.07) is 26.9. The van der Waals surface area contributed by atoms with Crippen molar-refractivity contribution in [3.8, 4) is 5.75 Å². The van der Waals surface area contributed by atoms with E-state index in [2.05, 4.69) is 26.3 Å². The van der Waals surface area contributed by atoms with Crippen molar-refractivity contribution in [2.24, 2.45) is 0 Å². The van der Waals surface area contributed by atoms with E-state index in [0.717, 1.165) is 21.3 Å². The lowest BCUT2D eigenvalue weighted by molar-refractivity contribution is 0.102. The van der Waals surface area contributed by atoms with Crippen LogP contribution in [0.5, 0.6) is 5.75 Å². The quantitative estimate of drug-likeness (QED) is 0.393. The third kappa shape index (κ3) is 5.15. The van der Waals surface area contributed by atoms with Gasteiger partial charge in [0.1, 0.15) is 12.4 Å². The molecule has 0 bridgehead atoms. The fraction of sp³-hybridized carbons (Fsp3) is 0.0833. The Labute approximate surface area is 183 Å². The van der Waals surface area contributed by atoms with Crippen molar-refractivity contribution in [1.29, 1.82) is 0 Å². The van der Waals surface area contributed by atoms with E-state index in [9.17, 15) is 4.79 Å². The van der Waals surface area contributed by atoms with Crippen LogP contribution < -0.4 is 10.1 Å². The molecule has 0 aliphatic carbocycles. The van der Waals surface area contributed by atoms with Crippen LogP contribution in [0.4, 0.5) is 5.82 Å². The third-order valence-electron chi connectivity index (χ3n) is 4.52. The number of hydrogen-bond donors (Lipinski definition) is 1. The lowest BCUT2D eigenvalue weighted by atomic mass is 10.1. The van der Waals surface area contributed by atoms with Gasteiger partial charge in [-0.1, -0.05) is 54.6 Å². The standard InChI is InChI=1S/C24H20BrN3O2/c25-21-8-4-5-9-22(21)30-17-19-10-12-20(13-11-19)24(29)26-23-14-15-28(27-23)16-18-6-2-1-3-7-18/h1-15H,16-17H2,(H,26,27,29). The van der Waals surface area contributed by atoms with Crippen molar-refractivity contribution in [3.63, 3.8) is 0 Å². The van der Waals surface area contributed by atoms with E-state index in [1.807, 2.05) is 72.9 Å². The molecule has 0 unspecified atom stereocenters.